The summed E-state index contributed by atoms with van der Waals surface area (Å²) in [6, 6.07) is 11.4. The molecule has 1 heterocycles. The van der Waals surface area contributed by atoms with Gasteiger partial charge in [-0.2, -0.15) is 5.26 Å². The van der Waals surface area contributed by atoms with Gasteiger partial charge >= 0.3 is 0 Å². The zero-order chi connectivity index (χ0) is 13.7. The Morgan fingerprint density at radius 1 is 1.32 bits per heavy atom. The van der Waals surface area contributed by atoms with Crippen molar-refractivity contribution >= 4 is 5.82 Å². The minimum atomic E-state index is 0.362. The maximum atomic E-state index is 8.86. The van der Waals surface area contributed by atoms with Gasteiger partial charge in [-0.05, 0) is 24.6 Å². The Balaban J connectivity index is 2.10. The number of aromatic nitrogens is 2. The highest BCUT2D eigenvalue weighted by molar-refractivity contribution is 5.41. The zero-order valence-electron chi connectivity index (χ0n) is 10.8. The quantitative estimate of drug-likeness (QED) is 0.906. The number of aryl methyl sites for hydroxylation is 1. The SMILES string of the molecule is COc1cccc(CNc2cc(C#N)nc(C)n2)c1. The first-order valence-corrected chi connectivity index (χ1v) is 5.84. The second-order valence-electron chi connectivity index (χ2n) is 4.00. The second kappa shape index (κ2) is 5.83. The number of nitrogens with one attached hydrogen (secondary N) is 1. The lowest BCUT2D eigenvalue weighted by atomic mass is 10.2. The number of hydrogen-bond donors (Lipinski definition) is 1. The van der Waals surface area contributed by atoms with Gasteiger partial charge in [-0.3, -0.25) is 0 Å². The molecule has 0 spiro atoms. The van der Waals surface area contributed by atoms with Crippen LogP contribution in [0.15, 0.2) is 30.3 Å². The molecule has 2 rings (SSSR count). The van der Waals surface area contributed by atoms with E-state index in [9.17, 15) is 0 Å². The fourth-order valence-corrected chi connectivity index (χ4v) is 1.69. The van der Waals surface area contributed by atoms with Crippen LogP contribution in [-0.2, 0) is 6.54 Å². The van der Waals surface area contributed by atoms with Crippen LogP contribution in [0, 0.1) is 18.3 Å². The van der Waals surface area contributed by atoms with E-state index in [-0.39, 0.29) is 0 Å². The summed E-state index contributed by atoms with van der Waals surface area (Å²) in [6.07, 6.45) is 0. The maximum absolute atomic E-state index is 8.86. The molecule has 1 N–H and O–H groups in total. The molecule has 0 aliphatic heterocycles. The maximum Gasteiger partial charge on any atom is 0.146 e. The number of benzene rings is 1. The Labute approximate surface area is 111 Å². The predicted octanol–water partition coefficient (Wildman–Crippen LogP) is 2.28. The number of nitrogens with zero attached hydrogens (tertiary/aromatic N) is 3. The molecule has 1 aromatic carbocycles. The monoisotopic (exact) mass is 254 g/mol. The third-order valence-corrected chi connectivity index (χ3v) is 2.56. The highest BCUT2D eigenvalue weighted by Gasteiger charge is 2.01. The summed E-state index contributed by atoms with van der Waals surface area (Å²) in [5.41, 5.74) is 1.44. The van der Waals surface area contributed by atoms with Gasteiger partial charge in [0.25, 0.3) is 0 Å². The minimum absolute atomic E-state index is 0.362. The van der Waals surface area contributed by atoms with Crippen LogP contribution in [0.4, 0.5) is 5.82 Å². The van der Waals surface area contributed by atoms with Gasteiger partial charge in [0.05, 0.1) is 7.11 Å². The Kier molecular flexibility index (Phi) is 3.94. The van der Waals surface area contributed by atoms with Crippen molar-refractivity contribution in [3.8, 4) is 11.8 Å². The van der Waals surface area contributed by atoms with Crippen molar-refractivity contribution in [2.24, 2.45) is 0 Å². The second-order valence-corrected chi connectivity index (χ2v) is 4.00. The van der Waals surface area contributed by atoms with Crippen molar-refractivity contribution in [3.05, 3.63) is 47.4 Å². The van der Waals surface area contributed by atoms with Gasteiger partial charge < -0.3 is 10.1 Å². The predicted molar refractivity (Wildman–Crippen MR) is 71.8 cm³/mol. The van der Waals surface area contributed by atoms with E-state index < -0.39 is 0 Å². The van der Waals surface area contributed by atoms with E-state index in [1.165, 1.54) is 0 Å². The zero-order valence-corrected chi connectivity index (χ0v) is 10.8. The number of rotatable bonds is 4. The molecule has 0 amide bonds. The Hall–Kier alpha value is -2.61. The average Bonchev–Trinajstić information content (AvgIpc) is 2.44. The molecule has 0 unspecified atom stereocenters. The molecule has 96 valence electrons. The lowest BCUT2D eigenvalue weighted by Crippen LogP contribution is -2.04. The van der Waals surface area contributed by atoms with Gasteiger partial charge in [-0.25, -0.2) is 9.97 Å². The fraction of sp³-hybridized carbons (Fsp3) is 0.214. The molecule has 19 heavy (non-hydrogen) atoms. The third-order valence-electron chi connectivity index (χ3n) is 2.56. The van der Waals surface area contributed by atoms with E-state index >= 15 is 0 Å². The van der Waals surface area contributed by atoms with E-state index in [4.69, 9.17) is 10.00 Å². The number of methoxy groups -OCH3 is 1. The van der Waals surface area contributed by atoms with Gasteiger partial charge in [0.15, 0.2) is 0 Å². The summed E-state index contributed by atoms with van der Waals surface area (Å²) in [4.78, 5) is 8.24. The van der Waals surface area contributed by atoms with Crippen LogP contribution in [0.5, 0.6) is 5.75 Å². The molecule has 1 aromatic heterocycles. The Morgan fingerprint density at radius 3 is 2.89 bits per heavy atom. The number of anilines is 1. The van der Waals surface area contributed by atoms with Gasteiger partial charge in [-0.15, -0.1) is 0 Å². The highest BCUT2D eigenvalue weighted by atomic mass is 16.5. The minimum Gasteiger partial charge on any atom is -0.497 e. The third kappa shape index (κ3) is 3.42. The van der Waals surface area contributed by atoms with Crippen LogP contribution in [-0.4, -0.2) is 17.1 Å². The normalized spacial score (nSPS) is 9.74. The van der Waals surface area contributed by atoms with Crippen molar-refractivity contribution in [2.45, 2.75) is 13.5 Å². The largest absolute Gasteiger partial charge is 0.497 e. The average molecular weight is 254 g/mol. The number of hydrogen-bond acceptors (Lipinski definition) is 5. The van der Waals surface area contributed by atoms with Crippen LogP contribution in [0.25, 0.3) is 0 Å². The van der Waals surface area contributed by atoms with Gasteiger partial charge in [-0.1, -0.05) is 12.1 Å². The Morgan fingerprint density at radius 2 is 2.16 bits per heavy atom. The number of ether oxygens (including phenoxy) is 1. The van der Waals surface area contributed by atoms with Crippen LogP contribution in [0.2, 0.25) is 0 Å². The van der Waals surface area contributed by atoms with E-state index in [1.807, 2.05) is 30.3 Å². The molecule has 0 atom stereocenters. The van der Waals surface area contributed by atoms with Gasteiger partial charge in [0.1, 0.15) is 29.2 Å². The summed E-state index contributed by atoms with van der Waals surface area (Å²) >= 11 is 0. The van der Waals surface area contributed by atoms with E-state index in [2.05, 4.69) is 15.3 Å². The molecule has 0 aliphatic rings. The summed E-state index contributed by atoms with van der Waals surface area (Å²) in [5.74, 6) is 2.04. The molecular weight excluding hydrogens is 240 g/mol. The van der Waals surface area contributed by atoms with Crippen molar-refractivity contribution in [1.82, 2.24) is 9.97 Å². The fourth-order valence-electron chi connectivity index (χ4n) is 1.69. The smallest absolute Gasteiger partial charge is 0.146 e. The standard InChI is InChI=1S/C14H14N4O/c1-10-17-12(8-15)7-14(18-10)16-9-11-4-3-5-13(6-11)19-2/h3-7H,9H2,1-2H3,(H,16,17,18). The van der Waals surface area contributed by atoms with E-state index in [1.54, 1.807) is 20.1 Å². The lowest BCUT2D eigenvalue weighted by Gasteiger charge is -2.08. The van der Waals surface area contributed by atoms with E-state index in [0.29, 0.717) is 23.9 Å². The molecule has 0 saturated carbocycles. The van der Waals surface area contributed by atoms with Crippen LogP contribution in [0.3, 0.4) is 0 Å². The summed E-state index contributed by atoms with van der Waals surface area (Å²) < 4.78 is 5.17. The van der Waals surface area contributed by atoms with Gasteiger partial charge in [0, 0.05) is 12.6 Å². The first-order valence-electron chi connectivity index (χ1n) is 5.84. The van der Waals surface area contributed by atoms with E-state index in [0.717, 1.165) is 11.3 Å². The molecule has 0 fully saturated rings. The molecule has 5 heteroatoms. The first-order chi connectivity index (χ1) is 9.21. The van der Waals surface area contributed by atoms with Crippen LogP contribution < -0.4 is 10.1 Å². The van der Waals surface area contributed by atoms with Crippen molar-refractivity contribution in [1.29, 1.82) is 5.26 Å². The lowest BCUT2D eigenvalue weighted by molar-refractivity contribution is 0.414. The summed E-state index contributed by atoms with van der Waals surface area (Å²) in [6.45, 7) is 2.37. The topological polar surface area (TPSA) is 70.8 Å². The van der Waals surface area contributed by atoms with Crippen LogP contribution >= 0.6 is 0 Å². The number of nitriles is 1. The summed E-state index contributed by atoms with van der Waals surface area (Å²) in [5, 5.41) is 12.0. The Bertz CT molecular complexity index is 619. The van der Waals surface area contributed by atoms with Crippen molar-refractivity contribution in [3.63, 3.8) is 0 Å². The molecule has 0 saturated heterocycles. The molecule has 2 aromatic rings. The van der Waals surface area contributed by atoms with Crippen molar-refractivity contribution < 1.29 is 4.74 Å². The van der Waals surface area contributed by atoms with Crippen LogP contribution in [0.1, 0.15) is 17.1 Å². The van der Waals surface area contributed by atoms with Crippen molar-refractivity contribution in [2.75, 3.05) is 12.4 Å². The molecule has 0 bridgehead atoms. The summed E-state index contributed by atoms with van der Waals surface area (Å²) in [7, 11) is 1.64. The molecule has 0 aliphatic carbocycles. The van der Waals surface area contributed by atoms with Gasteiger partial charge in [0.2, 0.25) is 0 Å². The highest BCUT2D eigenvalue weighted by Crippen LogP contribution is 2.14. The molecule has 5 nitrogen and oxygen atoms in total. The molecule has 0 radical (unpaired) electrons. The first kappa shape index (κ1) is 12.8. The molecular formula is C14H14N4O.